The summed E-state index contributed by atoms with van der Waals surface area (Å²) < 4.78 is 2.35. The molecule has 4 rings (SSSR count). The standard InChI is InChI=1S/C26H40N4O/c1-3-29(22-7-5-4-6-8-22)25(31)15-16-30-24-17-20(18-27)11-14-23(24)28-26(30)21-12-9-19(2)10-13-21/h11,14,17,19,21-22H,3-10,12-13,15-16,18,27H2,1-2H3. The van der Waals surface area contributed by atoms with Gasteiger partial charge in [-0.3, -0.25) is 4.79 Å². The van der Waals surface area contributed by atoms with E-state index in [2.05, 4.69) is 41.5 Å². The highest BCUT2D eigenvalue weighted by Gasteiger charge is 2.27. The molecule has 0 atom stereocenters. The fraction of sp³-hybridized carbons (Fsp3) is 0.692. The summed E-state index contributed by atoms with van der Waals surface area (Å²) >= 11 is 0. The second-order valence-electron chi connectivity index (χ2n) is 9.83. The number of nitrogens with two attached hydrogens (primary N) is 1. The van der Waals surface area contributed by atoms with Gasteiger partial charge in [-0.2, -0.15) is 0 Å². The molecule has 2 fully saturated rings. The minimum atomic E-state index is 0.300. The van der Waals surface area contributed by atoms with Crippen molar-refractivity contribution in [2.24, 2.45) is 11.7 Å². The van der Waals surface area contributed by atoms with Crippen molar-refractivity contribution < 1.29 is 4.79 Å². The third kappa shape index (κ3) is 4.97. The van der Waals surface area contributed by atoms with Gasteiger partial charge in [0, 0.05) is 38.0 Å². The van der Waals surface area contributed by atoms with E-state index in [4.69, 9.17) is 10.7 Å². The first-order valence-corrected chi connectivity index (χ1v) is 12.6. The van der Waals surface area contributed by atoms with Crippen molar-refractivity contribution in [2.75, 3.05) is 6.54 Å². The minimum Gasteiger partial charge on any atom is -0.340 e. The Kier molecular flexibility index (Phi) is 7.31. The number of aryl methyl sites for hydroxylation is 1. The lowest BCUT2D eigenvalue weighted by Gasteiger charge is -2.34. The largest absolute Gasteiger partial charge is 0.340 e. The number of benzene rings is 1. The number of hydrogen-bond donors (Lipinski definition) is 1. The predicted octanol–water partition coefficient (Wildman–Crippen LogP) is 5.36. The molecule has 0 spiro atoms. The molecule has 2 saturated carbocycles. The first kappa shape index (κ1) is 22.3. The molecule has 2 aliphatic carbocycles. The quantitative estimate of drug-likeness (QED) is 0.651. The first-order valence-electron chi connectivity index (χ1n) is 12.6. The maximum Gasteiger partial charge on any atom is 0.224 e. The Hall–Kier alpha value is -1.88. The molecule has 0 aliphatic heterocycles. The van der Waals surface area contributed by atoms with Crippen LogP contribution < -0.4 is 5.73 Å². The molecule has 31 heavy (non-hydrogen) atoms. The smallest absolute Gasteiger partial charge is 0.224 e. The molecular formula is C26H40N4O. The number of carbonyl (C=O) groups is 1. The lowest BCUT2D eigenvalue weighted by molar-refractivity contribution is -0.134. The lowest BCUT2D eigenvalue weighted by Crippen LogP contribution is -2.41. The molecule has 1 heterocycles. The van der Waals surface area contributed by atoms with Crippen LogP contribution >= 0.6 is 0 Å². The first-order chi connectivity index (χ1) is 15.1. The molecular weight excluding hydrogens is 384 g/mol. The average molecular weight is 425 g/mol. The molecule has 0 unspecified atom stereocenters. The molecule has 5 heteroatoms. The molecule has 1 aromatic heterocycles. The maximum absolute atomic E-state index is 13.2. The number of amides is 1. The predicted molar refractivity (Wildman–Crippen MR) is 127 cm³/mol. The van der Waals surface area contributed by atoms with E-state index < -0.39 is 0 Å². The Bertz CT molecular complexity index is 875. The van der Waals surface area contributed by atoms with Gasteiger partial charge >= 0.3 is 0 Å². The fourth-order valence-corrected chi connectivity index (χ4v) is 5.76. The minimum absolute atomic E-state index is 0.300. The van der Waals surface area contributed by atoms with Gasteiger partial charge in [-0.25, -0.2) is 4.98 Å². The molecule has 5 nitrogen and oxygen atoms in total. The number of aromatic nitrogens is 2. The van der Waals surface area contributed by atoms with Crippen LogP contribution in [-0.2, 0) is 17.9 Å². The van der Waals surface area contributed by atoms with Crippen molar-refractivity contribution in [2.45, 2.75) is 103 Å². The van der Waals surface area contributed by atoms with Crippen LogP contribution in [0.2, 0.25) is 0 Å². The summed E-state index contributed by atoms with van der Waals surface area (Å²) in [6.45, 7) is 6.55. The molecule has 0 radical (unpaired) electrons. The number of carbonyl (C=O) groups excluding carboxylic acids is 1. The Morgan fingerprint density at radius 1 is 1.13 bits per heavy atom. The third-order valence-corrected chi connectivity index (χ3v) is 7.68. The molecule has 2 aliphatic rings. The number of imidazole rings is 1. The molecule has 0 bridgehead atoms. The normalized spacial score (nSPS) is 22.7. The van der Waals surface area contributed by atoms with Crippen LogP contribution in [0.1, 0.15) is 95.4 Å². The summed E-state index contributed by atoms with van der Waals surface area (Å²) in [6.07, 6.45) is 11.7. The molecule has 1 amide bonds. The lowest BCUT2D eigenvalue weighted by atomic mass is 9.82. The Labute approximate surface area is 187 Å². The van der Waals surface area contributed by atoms with Crippen LogP contribution in [0.25, 0.3) is 11.0 Å². The van der Waals surface area contributed by atoms with Crippen LogP contribution in [0.5, 0.6) is 0 Å². The van der Waals surface area contributed by atoms with Crippen molar-refractivity contribution in [3.05, 3.63) is 29.6 Å². The molecule has 2 aromatic rings. The highest BCUT2D eigenvalue weighted by atomic mass is 16.2. The van der Waals surface area contributed by atoms with Crippen LogP contribution in [0.3, 0.4) is 0 Å². The molecule has 1 aromatic carbocycles. The van der Waals surface area contributed by atoms with Crippen LogP contribution in [0.15, 0.2) is 18.2 Å². The van der Waals surface area contributed by atoms with E-state index in [0.29, 0.717) is 37.4 Å². The van der Waals surface area contributed by atoms with E-state index in [0.717, 1.165) is 29.1 Å². The third-order valence-electron chi connectivity index (χ3n) is 7.68. The number of nitrogens with zero attached hydrogens (tertiary/aromatic N) is 3. The molecule has 0 saturated heterocycles. The van der Waals surface area contributed by atoms with Crippen molar-refractivity contribution >= 4 is 16.9 Å². The summed E-state index contributed by atoms with van der Waals surface area (Å²) in [5.74, 6) is 2.80. The zero-order valence-electron chi connectivity index (χ0n) is 19.5. The zero-order valence-corrected chi connectivity index (χ0v) is 19.5. The monoisotopic (exact) mass is 424 g/mol. The maximum atomic E-state index is 13.2. The van der Waals surface area contributed by atoms with Crippen LogP contribution in [0, 0.1) is 5.92 Å². The summed E-state index contributed by atoms with van der Waals surface area (Å²) in [7, 11) is 0. The van der Waals surface area contributed by atoms with Crippen LogP contribution in [-0.4, -0.2) is 32.9 Å². The van der Waals surface area contributed by atoms with Crippen molar-refractivity contribution in [3.63, 3.8) is 0 Å². The van der Waals surface area contributed by atoms with Gasteiger partial charge in [0.1, 0.15) is 5.82 Å². The molecule has 2 N–H and O–H groups in total. The Morgan fingerprint density at radius 3 is 2.55 bits per heavy atom. The van der Waals surface area contributed by atoms with E-state index in [1.165, 1.54) is 63.6 Å². The summed E-state index contributed by atoms with van der Waals surface area (Å²) in [5, 5.41) is 0. The second kappa shape index (κ2) is 10.2. The SMILES string of the molecule is CCN(C(=O)CCn1c(C2CCC(C)CC2)nc2ccc(CN)cc21)C1CCCCC1. The van der Waals surface area contributed by atoms with Gasteiger partial charge in [0.15, 0.2) is 0 Å². The summed E-state index contributed by atoms with van der Waals surface area (Å²) in [4.78, 5) is 20.4. The van der Waals surface area contributed by atoms with E-state index in [-0.39, 0.29) is 0 Å². The molecule has 170 valence electrons. The van der Waals surface area contributed by atoms with Gasteiger partial charge < -0.3 is 15.2 Å². The fourth-order valence-electron chi connectivity index (χ4n) is 5.76. The van der Waals surface area contributed by atoms with Gasteiger partial charge in [0.25, 0.3) is 0 Å². The highest BCUT2D eigenvalue weighted by molar-refractivity contribution is 5.79. The zero-order chi connectivity index (χ0) is 21.8. The average Bonchev–Trinajstić information content (AvgIpc) is 3.17. The highest BCUT2D eigenvalue weighted by Crippen LogP contribution is 2.36. The number of hydrogen-bond acceptors (Lipinski definition) is 3. The van der Waals surface area contributed by atoms with Gasteiger partial charge in [0.05, 0.1) is 11.0 Å². The Morgan fingerprint density at radius 2 is 1.87 bits per heavy atom. The number of rotatable bonds is 7. The van der Waals surface area contributed by atoms with Crippen molar-refractivity contribution in [3.8, 4) is 0 Å². The van der Waals surface area contributed by atoms with E-state index in [1.807, 2.05) is 0 Å². The summed E-state index contributed by atoms with van der Waals surface area (Å²) in [6, 6.07) is 6.80. The van der Waals surface area contributed by atoms with E-state index in [1.54, 1.807) is 0 Å². The van der Waals surface area contributed by atoms with Crippen molar-refractivity contribution in [1.29, 1.82) is 0 Å². The van der Waals surface area contributed by atoms with Gasteiger partial charge in [-0.05, 0) is 56.2 Å². The van der Waals surface area contributed by atoms with Gasteiger partial charge in [-0.15, -0.1) is 0 Å². The second-order valence-corrected chi connectivity index (χ2v) is 9.83. The number of fused-ring (bicyclic) bond motifs is 1. The van der Waals surface area contributed by atoms with E-state index in [9.17, 15) is 4.79 Å². The van der Waals surface area contributed by atoms with Crippen molar-refractivity contribution in [1.82, 2.24) is 14.5 Å². The van der Waals surface area contributed by atoms with Gasteiger partial charge in [-0.1, -0.05) is 45.1 Å². The van der Waals surface area contributed by atoms with Gasteiger partial charge in [0.2, 0.25) is 5.91 Å². The Balaban J connectivity index is 1.57. The van der Waals surface area contributed by atoms with E-state index >= 15 is 0 Å². The summed E-state index contributed by atoms with van der Waals surface area (Å²) in [5.41, 5.74) is 9.24. The van der Waals surface area contributed by atoms with Crippen LogP contribution in [0.4, 0.5) is 0 Å². The topological polar surface area (TPSA) is 64.2 Å².